The minimum atomic E-state index is -1.03. The first-order valence-electron chi connectivity index (χ1n) is 6.19. The van der Waals surface area contributed by atoms with E-state index in [2.05, 4.69) is 4.98 Å². The van der Waals surface area contributed by atoms with E-state index in [1.165, 1.54) is 10.6 Å². The maximum Gasteiger partial charge on any atom is 0.337 e. The molecule has 0 saturated carbocycles. The number of carboxylic acid groups (broad SMARTS) is 1. The summed E-state index contributed by atoms with van der Waals surface area (Å²) in [5, 5.41) is 9.22. The lowest BCUT2D eigenvalue weighted by Crippen LogP contribution is -2.22. The van der Waals surface area contributed by atoms with Gasteiger partial charge in [0.1, 0.15) is 0 Å². The lowest BCUT2D eigenvalue weighted by atomic mass is 10.1. The van der Waals surface area contributed by atoms with Crippen LogP contribution in [0, 0.1) is 5.92 Å². The lowest BCUT2D eigenvalue weighted by Gasteiger charge is -2.09. The van der Waals surface area contributed by atoms with Crippen molar-refractivity contribution in [1.29, 1.82) is 0 Å². The lowest BCUT2D eigenvalue weighted by molar-refractivity contribution is 0.0698. The molecule has 0 amide bonds. The average molecular weight is 262 g/mol. The Labute approximate surface area is 108 Å². The standard InChI is InChI=1S/C13H14N2O4/c16-12(17)9-2-1-3-10-11(9)15(13(18)14-10)6-8-4-5-19-7-8/h1-3,8H,4-7H2,(H,14,18)(H,16,17). The van der Waals surface area contributed by atoms with Crippen LogP contribution in [0.5, 0.6) is 0 Å². The molecule has 1 aromatic carbocycles. The van der Waals surface area contributed by atoms with Crippen molar-refractivity contribution in [2.24, 2.45) is 5.92 Å². The molecule has 0 bridgehead atoms. The smallest absolute Gasteiger partial charge is 0.337 e. The fraction of sp³-hybridized carbons (Fsp3) is 0.385. The summed E-state index contributed by atoms with van der Waals surface area (Å²) in [6.07, 6.45) is 0.897. The van der Waals surface area contributed by atoms with Crippen LogP contribution in [-0.2, 0) is 11.3 Å². The highest BCUT2D eigenvalue weighted by molar-refractivity contribution is 6.01. The number of ether oxygens (including phenoxy) is 1. The molecule has 1 aliphatic rings. The van der Waals surface area contributed by atoms with E-state index >= 15 is 0 Å². The van der Waals surface area contributed by atoms with Crippen molar-refractivity contribution in [3.63, 3.8) is 0 Å². The van der Waals surface area contributed by atoms with Gasteiger partial charge in [-0.2, -0.15) is 0 Å². The van der Waals surface area contributed by atoms with E-state index < -0.39 is 5.97 Å². The number of rotatable bonds is 3. The topological polar surface area (TPSA) is 84.3 Å². The fourth-order valence-corrected chi connectivity index (χ4v) is 2.55. The predicted molar refractivity (Wildman–Crippen MR) is 68.4 cm³/mol. The van der Waals surface area contributed by atoms with Crippen LogP contribution in [0.25, 0.3) is 11.0 Å². The van der Waals surface area contributed by atoms with Crippen molar-refractivity contribution in [2.75, 3.05) is 13.2 Å². The van der Waals surface area contributed by atoms with Gasteiger partial charge in [0.15, 0.2) is 0 Å². The highest BCUT2D eigenvalue weighted by Gasteiger charge is 2.21. The molecule has 100 valence electrons. The Morgan fingerprint density at radius 1 is 1.53 bits per heavy atom. The van der Waals surface area contributed by atoms with E-state index in [1.807, 2.05) is 0 Å². The number of benzene rings is 1. The average Bonchev–Trinajstić information content (AvgIpc) is 2.98. The molecule has 1 atom stereocenters. The summed E-state index contributed by atoms with van der Waals surface area (Å²) in [5.74, 6) is -0.764. The number of fused-ring (bicyclic) bond motifs is 1. The van der Waals surface area contributed by atoms with Gasteiger partial charge in [0.2, 0.25) is 0 Å². The van der Waals surface area contributed by atoms with Gasteiger partial charge in [0.05, 0.1) is 23.2 Å². The Morgan fingerprint density at radius 2 is 2.37 bits per heavy atom. The Kier molecular flexibility index (Phi) is 2.87. The van der Waals surface area contributed by atoms with E-state index in [0.29, 0.717) is 30.8 Å². The number of imidazole rings is 1. The van der Waals surface area contributed by atoms with Gasteiger partial charge in [-0.3, -0.25) is 4.57 Å². The summed E-state index contributed by atoms with van der Waals surface area (Å²) in [7, 11) is 0. The molecule has 0 spiro atoms. The molecule has 1 aromatic heterocycles. The number of hydrogen-bond acceptors (Lipinski definition) is 3. The molecule has 0 aliphatic carbocycles. The molecule has 3 rings (SSSR count). The third-order valence-electron chi connectivity index (χ3n) is 3.49. The number of aromatic amines is 1. The number of nitrogens with zero attached hydrogens (tertiary/aromatic N) is 1. The van der Waals surface area contributed by atoms with Gasteiger partial charge in [0.25, 0.3) is 0 Å². The molecule has 1 saturated heterocycles. The number of carbonyl (C=O) groups is 1. The molecule has 2 aromatic rings. The Hall–Kier alpha value is -2.08. The van der Waals surface area contributed by atoms with Gasteiger partial charge in [-0.05, 0) is 18.6 Å². The molecule has 0 radical (unpaired) electrons. The normalized spacial score (nSPS) is 19.1. The summed E-state index contributed by atoms with van der Waals surface area (Å²) in [5.41, 5.74) is 0.904. The van der Waals surface area contributed by atoms with Crippen LogP contribution in [0.1, 0.15) is 16.8 Å². The molecule has 2 heterocycles. The van der Waals surface area contributed by atoms with E-state index in [9.17, 15) is 14.7 Å². The predicted octanol–water partition coefficient (Wildman–Crippen LogP) is 1.06. The van der Waals surface area contributed by atoms with Crippen LogP contribution in [0.3, 0.4) is 0 Å². The number of aromatic carboxylic acids is 1. The van der Waals surface area contributed by atoms with Crippen molar-refractivity contribution < 1.29 is 14.6 Å². The SMILES string of the molecule is O=C(O)c1cccc2[nH]c(=O)n(CC3CCOC3)c12. The zero-order valence-corrected chi connectivity index (χ0v) is 10.3. The molecule has 6 heteroatoms. The highest BCUT2D eigenvalue weighted by Crippen LogP contribution is 2.20. The van der Waals surface area contributed by atoms with Crippen LogP contribution in [-0.4, -0.2) is 33.8 Å². The molecule has 1 unspecified atom stereocenters. The Morgan fingerprint density at radius 3 is 3.05 bits per heavy atom. The fourth-order valence-electron chi connectivity index (χ4n) is 2.55. The summed E-state index contributed by atoms with van der Waals surface area (Å²) >= 11 is 0. The van der Waals surface area contributed by atoms with Crippen LogP contribution >= 0.6 is 0 Å². The van der Waals surface area contributed by atoms with Gasteiger partial charge in [0, 0.05) is 19.1 Å². The van der Waals surface area contributed by atoms with Gasteiger partial charge in [-0.1, -0.05) is 6.07 Å². The quantitative estimate of drug-likeness (QED) is 0.866. The summed E-state index contributed by atoms with van der Waals surface area (Å²) < 4.78 is 6.81. The summed E-state index contributed by atoms with van der Waals surface area (Å²) in [4.78, 5) is 25.9. The van der Waals surface area contributed by atoms with E-state index in [-0.39, 0.29) is 17.2 Å². The molecular formula is C13H14N2O4. The Balaban J connectivity index is 2.13. The van der Waals surface area contributed by atoms with Crippen LogP contribution < -0.4 is 5.69 Å². The first-order valence-corrected chi connectivity index (χ1v) is 6.19. The van der Waals surface area contributed by atoms with E-state index in [4.69, 9.17) is 4.74 Å². The minimum absolute atomic E-state index is 0.148. The monoisotopic (exact) mass is 262 g/mol. The van der Waals surface area contributed by atoms with Gasteiger partial charge in [-0.25, -0.2) is 9.59 Å². The van der Waals surface area contributed by atoms with Gasteiger partial charge in [-0.15, -0.1) is 0 Å². The van der Waals surface area contributed by atoms with Gasteiger partial charge >= 0.3 is 11.7 Å². The van der Waals surface area contributed by atoms with Crippen molar-refractivity contribution in [3.8, 4) is 0 Å². The molecule has 19 heavy (non-hydrogen) atoms. The molecule has 2 N–H and O–H groups in total. The summed E-state index contributed by atoms with van der Waals surface area (Å²) in [6.45, 7) is 1.81. The number of carboxylic acids is 1. The maximum absolute atomic E-state index is 12.0. The molecule has 6 nitrogen and oxygen atoms in total. The van der Waals surface area contributed by atoms with Crippen molar-refractivity contribution >= 4 is 17.0 Å². The first-order chi connectivity index (χ1) is 9.16. The Bertz CT molecular complexity index is 679. The third-order valence-corrected chi connectivity index (χ3v) is 3.49. The number of hydrogen-bond donors (Lipinski definition) is 2. The number of H-pyrrole nitrogens is 1. The van der Waals surface area contributed by atoms with Crippen molar-refractivity contribution in [2.45, 2.75) is 13.0 Å². The second kappa shape index (κ2) is 4.55. The zero-order chi connectivity index (χ0) is 13.4. The largest absolute Gasteiger partial charge is 0.478 e. The highest BCUT2D eigenvalue weighted by atomic mass is 16.5. The maximum atomic E-state index is 12.0. The van der Waals surface area contributed by atoms with E-state index in [0.717, 1.165) is 6.42 Å². The van der Waals surface area contributed by atoms with Crippen molar-refractivity contribution in [3.05, 3.63) is 34.2 Å². The van der Waals surface area contributed by atoms with Crippen LogP contribution in [0.2, 0.25) is 0 Å². The number of para-hydroxylation sites is 1. The molecule has 1 aliphatic heterocycles. The molecule has 1 fully saturated rings. The zero-order valence-electron chi connectivity index (χ0n) is 10.3. The minimum Gasteiger partial charge on any atom is -0.478 e. The van der Waals surface area contributed by atoms with E-state index in [1.54, 1.807) is 12.1 Å². The second-order valence-corrected chi connectivity index (χ2v) is 4.78. The van der Waals surface area contributed by atoms with Crippen LogP contribution in [0.15, 0.2) is 23.0 Å². The molecular weight excluding hydrogens is 248 g/mol. The van der Waals surface area contributed by atoms with Crippen LogP contribution in [0.4, 0.5) is 0 Å². The second-order valence-electron chi connectivity index (χ2n) is 4.78. The third kappa shape index (κ3) is 2.04. The van der Waals surface area contributed by atoms with Gasteiger partial charge < -0.3 is 14.8 Å². The number of aromatic nitrogens is 2. The van der Waals surface area contributed by atoms with Crippen molar-refractivity contribution in [1.82, 2.24) is 9.55 Å². The summed E-state index contributed by atoms with van der Waals surface area (Å²) in [6, 6.07) is 4.86. The number of nitrogens with one attached hydrogen (secondary N) is 1. The first kappa shape index (κ1) is 12.0.